The van der Waals surface area contributed by atoms with Gasteiger partial charge in [0.2, 0.25) is 0 Å². The van der Waals surface area contributed by atoms with Gasteiger partial charge in [0.05, 0.1) is 18.3 Å². The summed E-state index contributed by atoms with van der Waals surface area (Å²) in [5, 5.41) is 3.96. The first-order valence-electron chi connectivity index (χ1n) is 6.83. The second-order valence-corrected chi connectivity index (χ2v) is 5.04. The number of rotatable bonds is 6. The number of halogens is 2. The summed E-state index contributed by atoms with van der Waals surface area (Å²) < 4.78 is 24.1. The van der Waals surface area contributed by atoms with Crippen LogP contribution < -0.4 is 20.6 Å². The zero-order valence-corrected chi connectivity index (χ0v) is 13.5. The van der Waals surface area contributed by atoms with Gasteiger partial charge in [0.1, 0.15) is 12.4 Å². The van der Waals surface area contributed by atoms with Crippen molar-refractivity contribution in [3.8, 4) is 11.5 Å². The molecule has 6 nitrogen and oxygen atoms in total. The summed E-state index contributed by atoms with van der Waals surface area (Å²) in [5.74, 6) is 0.443. The summed E-state index contributed by atoms with van der Waals surface area (Å²) in [6.45, 7) is 0.101. The molecule has 0 radical (unpaired) electrons. The van der Waals surface area contributed by atoms with Crippen LogP contribution in [-0.2, 0) is 6.61 Å². The largest absolute Gasteiger partial charge is 0.493 e. The molecule has 3 N–H and O–H groups in total. The number of methoxy groups -OCH3 is 1. The smallest absolute Gasteiger partial charge is 0.332 e. The van der Waals surface area contributed by atoms with Crippen LogP contribution in [0.4, 0.5) is 9.18 Å². The van der Waals surface area contributed by atoms with Crippen molar-refractivity contribution in [2.75, 3.05) is 7.11 Å². The fraction of sp³-hybridized carbons (Fsp3) is 0.125. The Balaban J connectivity index is 2.23. The number of urea groups is 1. The summed E-state index contributed by atoms with van der Waals surface area (Å²) >= 11 is 5.99. The number of carbonyl (C=O) groups is 1. The highest BCUT2D eigenvalue weighted by Crippen LogP contribution is 2.31. The highest BCUT2D eigenvalue weighted by molar-refractivity contribution is 6.31. The molecule has 8 heteroatoms. The van der Waals surface area contributed by atoms with Crippen molar-refractivity contribution in [3.63, 3.8) is 0 Å². The number of nitrogens with zero attached hydrogens (tertiary/aromatic N) is 1. The molecule has 24 heavy (non-hydrogen) atoms. The molecule has 2 aromatic carbocycles. The Labute approximate surface area is 143 Å². The Morgan fingerprint density at radius 2 is 2.21 bits per heavy atom. The van der Waals surface area contributed by atoms with Gasteiger partial charge in [-0.25, -0.2) is 14.6 Å². The summed E-state index contributed by atoms with van der Waals surface area (Å²) in [4.78, 5) is 10.7. The van der Waals surface area contributed by atoms with Crippen molar-refractivity contribution in [1.29, 1.82) is 0 Å². The fourth-order valence-electron chi connectivity index (χ4n) is 1.90. The summed E-state index contributed by atoms with van der Waals surface area (Å²) in [6.07, 6.45) is 1.37. The molecule has 2 rings (SSSR count). The van der Waals surface area contributed by atoms with Gasteiger partial charge in [-0.3, -0.25) is 0 Å². The Hall–Kier alpha value is -2.80. The van der Waals surface area contributed by atoms with E-state index in [4.69, 9.17) is 26.8 Å². The minimum absolute atomic E-state index is 0.101. The van der Waals surface area contributed by atoms with Crippen molar-refractivity contribution in [2.24, 2.45) is 10.8 Å². The van der Waals surface area contributed by atoms with E-state index in [1.54, 1.807) is 18.2 Å². The number of benzene rings is 2. The molecule has 126 valence electrons. The van der Waals surface area contributed by atoms with Crippen LogP contribution in [0, 0.1) is 5.82 Å². The van der Waals surface area contributed by atoms with E-state index in [0.29, 0.717) is 22.6 Å². The van der Waals surface area contributed by atoms with Gasteiger partial charge < -0.3 is 15.2 Å². The molecule has 0 saturated carbocycles. The second kappa shape index (κ2) is 8.16. The van der Waals surface area contributed by atoms with Gasteiger partial charge in [-0.1, -0.05) is 23.7 Å². The van der Waals surface area contributed by atoms with Gasteiger partial charge in [0.25, 0.3) is 0 Å². The third-order valence-electron chi connectivity index (χ3n) is 2.99. The number of hydrogen-bond acceptors (Lipinski definition) is 4. The van der Waals surface area contributed by atoms with Gasteiger partial charge in [-0.05, 0) is 24.3 Å². The summed E-state index contributed by atoms with van der Waals surface area (Å²) in [7, 11) is 1.50. The number of nitrogens with two attached hydrogens (primary N) is 1. The van der Waals surface area contributed by atoms with E-state index in [9.17, 15) is 9.18 Å². The average Bonchev–Trinajstić information content (AvgIpc) is 2.54. The molecular formula is C16H15ClFN3O3. The predicted octanol–water partition coefficient (Wildman–Crippen LogP) is 3.07. The lowest BCUT2D eigenvalue weighted by Crippen LogP contribution is -2.24. The zero-order chi connectivity index (χ0) is 17.5. The van der Waals surface area contributed by atoms with Gasteiger partial charge in [-0.2, -0.15) is 5.10 Å². The summed E-state index contributed by atoms with van der Waals surface area (Å²) in [6, 6.07) is 8.43. The van der Waals surface area contributed by atoms with Gasteiger partial charge in [0.15, 0.2) is 11.5 Å². The van der Waals surface area contributed by atoms with E-state index >= 15 is 0 Å². The first-order valence-corrected chi connectivity index (χ1v) is 7.21. The van der Waals surface area contributed by atoms with E-state index in [2.05, 4.69) is 10.5 Å². The van der Waals surface area contributed by atoms with Crippen LogP contribution in [0.1, 0.15) is 11.1 Å². The maximum Gasteiger partial charge on any atom is 0.332 e. The van der Waals surface area contributed by atoms with E-state index in [-0.39, 0.29) is 11.6 Å². The van der Waals surface area contributed by atoms with Crippen molar-refractivity contribution < 1.29 is 18.7 Å². The van der Waals surface area contributed by atoms with Gasteiger partial charge in [-0.15, -0.1) is 0 Å². The monoisotopic (exact) mass is 351 g/mol. The van der Waals surface area contributed by atoms with E-state index < -0.39 is 11.8 Å². The predicted molar refractivity (Wildman–Crippen MR) is 89.0 cm³/mol. The minimum atomic E-state index is -0.783. The first-order chi connectivity index (χ1) is 11.5. The Bertz CT molecular complexity index is 768. The summed E-state index contributed by atoms with van der Waals surface area (Å²) in [5.41, 5.74) is 8.22. The molecule has 0 aliphatic rings. The number of hydrazone groups is 1. The molecule has 0 fully saturated rings. The molecule has 0 aliphatic heterocycles. The quantitative estimate of drug-likeness (QED) is 0.619. The molecule has 0 spiro atoms. The topological polar surface area (TPSA) is 85.9 Å². The van der Waals surface area contributed by atoms with Crippen molar-refractivity contribution in [2.45, 2.75) is 6.61 Å². The van der Waals surface area contributed by atoms with E-state index in [1.165, 1.54) is 31.5 Å². The number of ether oxygens (including phenoxy) is 2. The van der Waals surface area contributed by atoms with Crippen molar-refractivity contribution in [1.82, 2.24) is 5.43 Å². The highest BCUT2D eigenvalue weighted by atomic mass is 35.5. The number of carbonyl (C=O) groups excluding carboxylic acids is 1. The number of para-hydroxylation sites is 1. The van der Waals surface area contributed by atoms with E-state index in [0.717, 1.165) is 0 Å². The SMILES string of the molecule is COc1cccc(C=NNC(N)=O)c1OCc1ccc(F)cc1Cl. The van der Waals surface area contributed by atoms with Crippen LogP contribution in [0.2, 0.25) is 5.02 Å². The standard InChI is InChI=1S/C16H15ClFN3O3/c1-23-14-4-2-3-10(8-20-21-16(19)22)15(14)24-9-11-5-6-12(18)7-13(11)17/h2-8H,9H2,1H3,(H3,19,21,22). The van der Waals surface area contributed by atoms with Gasteiger partial charge in [0, 0.05) is 11.1 Å². The van der Waals surface area contributed by atoms with Crippen molar-refractivity contribution >= 4 is 23.8 Å². The average molecular weight is 352 g/mol. The normalized spacial score (nSPS) is 10.6. The third-order valence-corrected chi connectivity index (χ3v) is 3.35. The van der Waals surface area contributed by atoms with Crippen LogP contribution in [0.3, 0.4) is 0 Å². The zero-order valence-electron chi connectivity index (χ0n) is 12.8. The fourth-order valence-corrected chi connectivity index (χ4v) is 2.13. The van der Waals surface area contributed by atoms with E-state index in [1.807, 2.05) is 0 Å². The second-order valence-electron chi connectivity index (χ2n) is 4.64. The lowest BCUT2D eigenvalue weighted by Gasteiger charge is -2.13. The number of primary amides is 1. The maximum absolute atomic E-state index is 13.1. The van der Waals surface area contributed by atoms with Gasteiger partial charge >= 0.3 is 6.03 Å². The minimum Gasteiger partial charge on any atom is -0.493 e. The van der Waals surface area contributed by atoms with Crippen molar-refractivity contribution in [3.05, 3.63) is 58.4 Å². The molecule has 0 aliphatic carbocycles. The molecule has 0 heterocycles. The molecule has 0 saturated heterocycles. The molecule has 2 amide bonds. The first kappa shape index (κ1) is 17.6. The molecular weight excluding hydrogens is 337 g/mol. The number of nitrogens with one attached hydrogen (secondary N) is 1. The molecule has 0 bridgehead atoms. The molecule has 2 aromatic rings. The Morgan fingerprint density at radius 1 is 1.42 bits per heavy atom. The third kappa shape index (κ3) is 4.60. The van der Waals surface area contributed by atoms with Crippen LogP contribution >= 0.6 is 11.6 Å². The molecule has 0 aromatic heterocycles. The van der Waals surface area contributed by atoms with Crippen LogP contribution in [-0.4, -0.2) is 19.4 Å². The number of hydrogen-bond donors (Lipinski definition) is 2. The van der Waals surface area contributed by atoms with Crippen LogP contribution in [0.25, 0.3) is 0 Å². The molecule has 0 unspecified atom stereocenters. The lowest BCUT2D eigenvalue weighted by atomic mass is 10.2. The highest BCUT2D eigenvalue weighted by Gasteiger charge is 2.11. The molecule has 0 atom stereocenters. The van der Waals surface area contributed by atoms with Crippen LogP contribution in [0.5, 0.6) is 11.5 Å². The Morgan fingerprint density at radius 3 is 2.88 bits per heavy atom. The maximum atomic E-state index is 13.1. The Kier molecular flexibility index (Phi) is 5.97. The lowest BCUT2D eigenvalue weighted by molar-refractivity contribution is 0.249. The number of amides is 2. The van der Waals surface area contributed by atoms with Crippen LogP contribution in [0.15, 0.2) is 41.5 Å².